The average molecular weight is 434 g/mol. The molecule has 0 bridgehead atoms. The fraction of sp³-hybridized carbons (Fsp3) is 0.435. The smallest absolute Gasteiger partial charge is 0.191 e. The van der Waals surface area contributed by atoms with Crippen LogP contribution >= 0.6 is 11.6 Å². The number of nitrogens with zero attached hydrogens (tertiary/aromatic N) is 1. The Bertz CT molecular complexity index is 885. The number of aliphatic imine (C=N–C) groups is 1. The molecule has 0 aromatic heterocycles. The minimum absolute atomic E-state index is 0.135. The zero-order valence-electron chi connectivity index (χ0n) is 17.7. The number of halogens is 2. The van der Waals surface area contributed by atoms with Gasteiger partial charge in [-0.1, -0.05) is 35.9 Å². The summed E-state index contributed by atoms with van der Waals surface area (Å²) in [6.45, 7) is 4.02. The van der Waals surface area contributed by atoms with Gasteiger partial charge in [-0.05, 0) is 49.1 Å². The van der Waals surface area contributed by atoms with Crippen LogP contribution in [-0.2, 0) is 10.2 Å². The van der Waals surface area contributed by atoms with E-state index < -0.39 is 0 Å². The monoisotopic (exact) mass is 433 g/mol. The van der Waals surface area contributed by atoms with Crippen molar-refractivity contribution >= 4 is 17.6 Å². The van der Waals surface area contributed by atoms with Crippen LogP contribution in [0.15, 0.2) is 47.5 Å². The molecular formula is C23H29ClFN3O2. The first-order chi connectivity index (χ1) is 14.5. The van der Waals surface area contributed by atoms with Gasteiger partial charge in [-0.25, -0.2) is 4.39 Å². The second-order valence-corrected chi connectivity index (χ2v) is 7.97. The molecule has 2 aromatic carbocycles. The summed E-state index contributed by atoms with van der Waals surface area (Å²) >= 11 is 6.54. The van der Waals surface area contributed by atoms with Crippen molar-refractivity contribution < 1.29 is 13.9 Å². The van der Waals surface area contributed by atoms with Crippen LogP contribution in [0.1, 0.15) is 36.9 Å². The van der Waals surface area contributed by atoms with E-state index in [2.05, 4.69) is 21.7 Å². The van der Waals surface area contributed by atoms with E-state index in [-0.39, 0.29) is 23.0 Å². The van der Waals surface area contributed by atoms with Gasteiger partial charge in [-0.3, -0.25) is 4.99 Å². The van der Waals surface area contributed by atoms with Gasteiger partial charge in [0.25, 0.3) is 0 Å². The Hall–Kier alpha value is -2.31. The van der Waals surface area contributed by atoms with Gasteiger partial charge < -0.3 is 20.1 Å². The van der Waals surface area contributed by atoms with E-state index in [0.717, 1.165) is 29.0 Å². The quantitative estimate of drug-likeness (QED) is 0.521. The summed E-state index contributed by atoms with van der Waals surface area (Å²) in [5, 5.41) is 7.56. The molecule has 1 fully saturated rings. The number of rotatable bonds is 6. The van der Waals surface area contributed by atoms with Gasteiger partial charge >= 0.3 is 0 Å². The van der Waals surface area contributed by atoms with E-state index in [9.17, 15) is 4.39 Å². The normalized spacial score (nSPS) is 17.3. The fourth-order valence-electron chi connectivity index (χ4n) is 3.88. The molecule has 0 radical (unpaired) electrons. The third-order valence-electron chi connectivity index (χ3n) is 5.74. The van der Waals surface area contributed by atoms with Crippen LogP contribution in [0.4, 0.5) is 4.39 Å². The Kier molecular flexibility index (Phi) is 7.56. The number of methoxy groups -OCH3 is 1. The van der Waals surface area contributed by atoms with Crippen LogP contribution in [0.3, 0.4) is 0 Å². The summed E-state index contributed by atoms with van der Waals surface area (Å²) in [4.78, 5) is 4.35. The Morgan fingerprint density at radius 3 is 2.63 bits per heavy atom. The Balaban J connectivity index is 1.71. The highest BCUT2D eigenvalue weighted by atomic mass is 35.5. The topological polar surface area (TPSA) is 54.9 Å². The van der Waals surface area contributed by atoms with Crippen molar-refractivity contribution in [1.82, 2.24) is 10.6 Å². The van der Waals surface area contributed by atoms with Crippen LogP contribution in [0.5, 0.6) is 5.75 Å². The van der Waals surface area contributed by atoms with Crippen molar-refractivity contribution in [2.75, 3.05) is 33.9 Å². The van der Waals surface area contributed by atoms with E-state index in [0.29, 0.717) is 25.7 Å². The lowest BCUT2D eigenvalue weighted by atomic mass is 9.74. The van der Waals surface area contributed by atoms with E-state index in [1.165, 1.54) is 13.2 Å². The molecule has 2 N–H and O–H groups in total. The average Bonchev–Trinajstić information content (AvgIpc) is 2.77. The predicted molar refractivity (Wildman–Crippen MR) is 119 cm³/mol. The summed E-state index contributed by atoms with van der Waals surface area (Å²) in [5.41, 5.74) is 1.80. The summed E-state index contributed by atoms with van der Waals surface area (Å²) in [6.07, 6.45) is 1.75. The summed E-state index contributed by atoms with van der Waals surface area (Å²) in [6, 6.07) is 12.8. The molecule has 30 heavy (non-hydrogen) atoms. The van der Waals surface area contributed by atoms with Gasteiger partial charge in [0.05, 0.1) is 13.2 Å². The highest BCUT2D eigenvalue weighted by molar-refractivity contribution is 6.31. The van der Waals surface area contributed by atoms with Gasteiger partial charge in [0.2, 0.25) is 0 Å². The number of nitrogens with one attached hydrogen (secondary N) is 2. The molecule has 0 spiro atoms. The second kappa shape index (κ2) is 10.1. The molecule has 162 valence electrons. The lowest BCUT2D eigenvalue weighted by Gasteiger charge is -2.39. The van der Waals surface area contributed by atoms with Gasteiger partial charge in [0.1, 0.15) is 0 Å². The Morgan fingerprint density at radius 1 is 1.27 bits per heavy atom. The SMILES string of the molecule is CN=C(NCC1(c2ccccc2Cl)CCOCC1)NC(C)c1ccc(OC)c(F)c1. The fourth-order valence-corrected chi connectivity index (χ4v) is 4.22. The van der Waals surface area contributed by atoms with Crippen molar-refractivity contribution in [3.8, 4) is 5.75 Å². The molecule has 5 nitrogen and oxygen atoms in total. The van der Waals surface area contributed by atoms with Gasteiger partial charge in [-0.2, -0.15) is 0 Å². The summed E-state index contributed by atoms with van der Waals surface area (Å²) < 4.78 is 24.7. The van der Waals surface area contributed by atoms with Crippen LogP contribution in [-0.4, -0.2) is 39.9 Å². The zero-order valence-corrected chi connectivity index (χ0v) is 18.4. The number of hydrogen-bond acceptors (Lipinski definition) is 3. The van der Waals surface area contributed by atoms with Crippen LogP contribution in [0, 0.1) is 5.82 Å². The molecule has 0 amide bonds. The maximum absolute atomic E-state index is 14.1. The molecule has 1 saturated heterocycles. The molecular weight excluding hydrogens is 405 g/mol. The highest BCUT2D eigenvalue weighted by Crippen LogP contribution is 2.38. The van der Waals surface area contributed by atoms with Gasteiger partial charge in [0.15, 0.2) is 17.5 Å². The first kappa shape index (κ1) is 22.4. The molecule has 1 aliphatic rings. The molecule has 7 heteroatoms. The molecule has 2 aromatic rings. The lowest BCUT2D eigenvalue weighted by Crippen LogP contribution is -2.48. The third-order valence-corrected chi connectivity index (χ3v) is 6.07. The lowest BCUT2D eigenvalue weighted by molar-refractivity contribution is 0.0514. The first-order valence-corrected chi connectivity index (χ1v) is 10.5. The molecule has 0 aliphatic carbocycles. The van der Waals surface area contributed by atoms with Crippen molar-refractivity contribution in [2.24, 2.45) is 4.99 Å². The maximum atomic E-state index is 14.1. The van der Waals surface area contributed by atoms with Crippen molar-refractivity contribution in [2.45, 2.75) is 31.2 Å². The summed E-state index contributed by atoms with van der Waals surface area (Å²) in [7, 11) is 3.18. The van der Waals surface area contributed by atoms with Crippen LogP contribution in [0.2, 0.25) is 5.02 Å². The van der Waals surface area contributed by atoms with E-state index in [4.69, 9.17) is 21.1 Å². The minimum Gasteiger partial charge on any atom is -0.494 e. The van der Waals surface area contributed by atoms with Crippen LogP contribution in [0.25, 0.3) is 0 Å². The summed E-state index contributed by atoms with van der Waals surface area (Å²) in [5.74, 6) is 0.498. The molecule has 1 heterocycles. The van der Waals surface area contributed by atoms with Crippen LogP contribution < -0.4 is 15.4 Å². The number of benzene rings is 2. The zero-order chi connectivity index (χ0) is 21.6. The first-order valence-electron chi connectivity index (χ1n) is 10.1. The highest BCUT2D eigenvalue weighted by Gasteiger charge is 2.36. The van der Waals surface area contributed by atoms with E-state index >= 15 is 0 Å². The molecule has 0 saturated carbocycles. The molecule has 1 unspecified atom stereocenters. The Morgan fingerprint density at radius 2 is 2.00 bits per heavy atom. The van der Waals surface area contributed by atoms with Gasteiger partial charge in [0, 0.05) is 37.2 Å². The molecule has 1 aliphatic heterocycles. The maximum Gasteiger partial charge on any atom is 0.191 e. The third kappa shape index (κ3) is 5.05. The van der Waals surface area contributed by atoms with E-state index in [1.807, 2.05) is 31.2 Å². The predicted octanol–water partition coefficient (Wildman–Crippen LogP) is 4.46. The second-order valence-electron chi connectivity index (χ2n) is 7.56. The Labute approximate surface area is 182 Å². The molecule has 1 atom stereocenters. The number of hydrogen-bond donors (Lipinski definition) is 2. The number of guanidine groups is 1. The largest absolute Gasteiger partial charge is 0.494 e. The van der Waals surface area contributed by atoms with Crippen molar-refractivity contribution in [3.63, 3.8) is 0 Å². The standard InChI is InChI=1S/C23H29ClFN3O2/c1-16(17-8-9-21(29-3)20(25)14-17)28-22(26-2)27-15-23(10-12-30-13-11-23)18-6-4-5-7-19(18)24/h4-9,14,16H,10-13,15H2,1-3H3,(H2,26,27,28). The van der Waals surface area contributed by atoms with Gasteiger partial charge in [-0.15, -0.1) is 0 Å². The van der Waals surface area contributed by atoms with Crippen molar-refractivity contribution in [1.29, 1.82) is 0 Å². The minimum atomic E-state index is -0.383. The number of ether oxygens (including phenoxy) is 2. The molecule has 3 rings (SSSR count). The van der Waals surface area contributed by atoms with E-state index in [1.54, 1.807) is 13.1 Å². The van der Waals surface area contributed by atoms with Crippen molar-refractivity contribution in [3.05, 3.63) is 64.4 Å².